The first-order chi connectivity index (χ1) is 6.36. The van der Waals surface area contributed by atoms with Gasteiger partial charge in [-0.15, -0.1) is 0 Å². The second-order valence-electron chi connectivity index (χ2n) is 3.64. The van der Waals surface area contributed by atoms with E-state index in [4.69, 9.17) is 4.74 Å². The van der Waals surface area contributed by atoms with E-state index < -0.39 is 0 Å². The Balaban J connectivity index is 2.15. The van der Waals surface area contributed by atoms with E-state index in [-0.39, 0.29) is 5.97 Å². The van der Waals surface area contributed by atoms with Crippen LogP contribution in [0.15, 0.2) is 24.0 Å². The summed E-state index contributed by atoms with van der Waals surface area (Å²) < 4.78 is 5.20. The highest BCUT2D eigenvalue weighted by molar-refractivity contribution is 5.71. The summed E-state index contributed by atoms with van der Waals surface area (Å²) in [6, 6.07) is 0. The lowest BCUT2D eigenvalue weighted by atomic mass is 9.91. The zero-order chi connectivity index (χ0) is 9.10. The molecule has 0 N–H and O–H groups in total. The summed E-state index contributed by atoms with van der Waals surface area (Å²) in [5, 5.41) is 0. The third kappa shape index (κ3) is 2.00. The van der Waals surface area contributed by atoms with Crippen LogP contribution < -0.4 is 0 Å². The van der Waals surface area contributed by atoms with Gasteiger partial charge in [0.25, 0.3) is 0 Å². The molecule has 0 saturated carbocycles. The minimum absolute atomic E-state index is 0.0727. The summed E-state index contributed by atoms with van der Waals surface area (Å²) in [7, 11) is 0. The van der Waals surface area contributed by atoms with E-state index >= 15 is 0 Å². The van der Waals surface area contributed by atoms with Gasteiger partial charge in [-0.2, -0.15) is 0 Å². The Morgan fingerprint density at radius 1 is 1.38 bits per heavy atom. The summed E-state index contributed by atoms with van der Waals surface area (Å²) in [6.07, 6.45) is 11.1. The van der Waals surface area contributed by atoms with Gasteiger partial charge in [-0.25, -0.2) is 0 Å². The molecule has 1 saturated heterocycles. The van der Waals surface area contributed by atoms with Crippen LogP contribution in [-0.2, 0) is 9.53 Å². The highest BCUT2D eigenvalue weighted by Crippen LogP contribution is 2.30. The zero-order valence-corrected chi connectivity index (χ0v) is 7.66. The molecule has 1 aliphatic carbocycles. The van der Waals surface area contributed by atoms with Crippen LogP contribution in [0.4, 0.5) is 0 Å². The standard InChI is InChI=1S/C11H14O2/c12-11-8-7-9-5-3-1-2-4-6-10(9)13-11/h2,4,6,9H,1,3,5,7-8H2. The minimum atomic E-state index is -0.0727. The van der Waals surface area contributed by atoms with Crippen LogP contribution in [0.5, 0.6) is 0 Å². The maximum Gasteiger partial charge on any atom is 0.310 e. The largest absolute Gasteiger partial charge is 0.431 e. The summed E-state index contributed by atoms with van der Waals surface area (Å²) in [4.78, 5) is 11.0. The Hall–Kier alpha value is -1.05. The molecule has 1 atom stereocenters. The van der Waals surface area contributed by atoms with E-state index in [0.717, 1.165) is 25.0 Å². The van der Waals surface area contributed by atoms with Crippen LogP contribution in [0.2, 0.25) is 0 Å². The van der Waals surface area contributed by atoms with Gasteiger partial charge in [0.15, 0.2) is 0 Å². The molecule has 2 aliphatic rings. The number of carbonyl (C=O) groups is 1. The van der Waals surface area contributed by atoms with Crippen LogP contribution >= 0.6 is 0 Å². The SMILES string of the molecule is O=C1CCC2CCCC=CC=C2O1. The highest BCUT2D eigenvalue weighted by Gasteiger charge is 2.24. The Labute approximate surface area is 78.3 Å². The first kappa shape index (κ1) is 8.54. The molecule has 0 radical (unpaired) electrons. The number of rotatable bonds is 0. The lowest BCUT2D eigenvalue weighted by Crippen LogP contribution is -2.20. The van der Waals surface area contributed by atoms with Crippen molar-refractivity contribution in [2.45, 2.75) is 32.1 Å². The molecule has 1 fully saturated rings. The van der Waals surface area contributed by atoms with Crippen molar-refractivity contribution in [2.75, 3.05) is 0 Å². The van der Waals surface area contributed by atoms with Gasteiger partial charge in [0, 0.05) is 12.3 Å². The summed E-state index contributed by atoms with van der Waals surface area (Å²) in [6.45, 7) is 0. The predicted octanol–water partition coefficient (Wildman–Crippen LogP) is 2.56. The number of carbonyl (C=O) groups excluding carboxylic acids is 1. The average molecular weight is 178 g/mol. The summed E-state index contributed by atoms with van der Waals surface area (Å²) in [5.74, 6) is 1.30. The number of ether oxygens (including phenoxy) is 1. The molecule has 0 aromatic carbocycles. The zero-order valence-electron chi connectivity index (χ0n) is 7.66. The van der Waals surface area contributed by atoms with E-state index in [1.165, 1.54) is 6.42 Å². The van der Waals surface area contributed by atoms with Crippen molar-refractivity contribution in [1.82, 2.24) is 0 Å². The number of hydrogen-bond donors (Lipinski definition) is 0. The highest BCUT2D eigenvalue weighted by atomic mass is 16.5. The van der Waals surface area contributed by atoms with E-state index in [2.05, 4.69) is 6.08 Å². The van der Waals surface area contributed by atoms with Gasteiger partial charge in [-0.3, -0.25) is 4.79 Å². The Morgan fingerprint density at radius 3 is 3.23 bits per heavy atom. The molecule has 1 unspecified atom stereocenters. The molecule has 0 aromatic rings. The first-order valence-electron chi connectivity index (χ1n) is 4.93. The van der Waals surface area contributed by atoms with Crippen molar-refractivity contribution in [3.63, 3.8) is 0 Å². The lowest BCUT2D eigenvalue weighted by Gasteiger charge is -2.24. The van der Waals surface area contributed by atoms with Crippen molar-refractivity contribution in [2.24, 2.45) is 5.92 Å². The average Bonchev–Trinajstić information content (AvgIpc) is 2.08. The molecule has 0 aromatic heterocycles. The number of allylic oxidation sites excluding steroid dienone is 4. The van der Waals surface area contributed by atoms with Crippen LogP contribution in [-0.4, -0.2) is 5.97 Å². The number of esters is 1. The first-order valence-corrected chi connectivity index (χ1v) is 4.93. The van der Waals surface area contributed by atoms with E-state index in [1.807, 2.05) is 12.2 Å². The monoisotopic (exact) mass is 178 g/mol. The second kappa shape index (κ2) is 3.77. The van der Waals surface area contributed by atoms with Crippen molar-refractivity contribution in [1.29, 1.82) is 0 Å². The summed E-state index contributed by atoms with van der Waals surface area (Å²) in [5.41, 5.74) is 0. The molecule has 70 valence electrons. The smallest absolute Gasteiger partial charge is 0.310 e. The van der Waals surface area contributed by atoms with Crippen LogP contribution in [0.3, 0.4) is 0 Å². The molecule has 2 heteroatoms. The molecule has 1 heterocycles. The Bertz CT molecular complexity index is 263. The molecule has 1 aliphatic heterocycles. The van der Waals surface area contributed by atoms with Gasteiger partial charge in [-0.05, 0) is 31.8 Å². The normalized spacial score (nSPS) is 28.2. The maximum absolute atomic E-state index is 11.0. The van der Waals surface area contributed by atoms with Crippen molar-refractivity contribution in [3.8, 4) is 0 Å². The quantitative estimate of drug-likeness (QED) is 0.533. The van der Waals surface area contributed by atoms with E-state index in [9.17, 15) is 4.79 Å². The Kier molecular flexibility index (Phi) is 2.48. The molecular formula is C11H14O2. The van der Waals surface area contributed by atoms with Crippen LogP contribution in [0.1, 0.15) is 32.1 Å². The molecule has 2 nitrogen and oxygen atoms in total. The number of hydrogen-bond acceptors (Lipinski definition) is 2. The van der Waals surface area contributed by atoms with Gasteiger partial charge in [0.05, 0.1) is 0 Å². The summed E-state index contributed by atoms with van der Waals surface area (Å²) >= 11 is 0. The van der Waals surface area contributed by atoms with Crippen molar-refractivity contribution in [3.05, 3.63) is 24.0 Å². The molecular weight excluding hydrogens is 164 g/mol. The van der Waals surface area contributed by atoms with Gasteiger partial charge in [-0.1, -0.05) is 12.2 Å². The topological polar surface area (TPSA) is 26.3 Å². The third-order valence-electron chi connectivity index (χ3n) is 2.65. The fraction of sp³-hybridized carbons (Fsp3) is 0.545. The molecule has 0 amide bonds. The van der Waals surface area contributed by atoms with Crippen molar-refractivity contribution >= 4 is 5.97 Å². The lowest BCUT2D eigenvalue weighted by molar-refractivity contribution is -0.143. The second-order valence-corrected chi connectivity index (χ2v) is 3.64. The number of fused-ring (bicyclic) bond motifs is 1. The molecule has 13 heavy (non-hydrogen) atoms. The molecule has 0 bridgehead atoms. The van der Waals surface area contributed by atoms with Gasteiger partial charge >= 0.3 is 5.97 Å². The van der Waals surface area contributed by atoms with Crippen LogP contribution in [0.25, 0.3) is 0 Å². The Morgan fingerprint density at radius 2 is 2.31 bits per heavy atom. The van der Waals surface area contributed by atoms with Gasteiger partial charge in [0.2, 0.25) is 0 Å². The predicted molar refractivity (Wildman–Crippen MR) is 49.9 cm³/mol. The molecule has 0 spiro atoms. The maximum atomic E-state index is 11.0. The fourth-order valence-electron chi connectivity index (χ4n) is 1.90. The van der Waals surface area contributed by atoms with Gasteiger partial charge < -0.3 is 4.74 Å². The van der Waals surface area contributed by atoms with Crippen LogP contribution in [0, 0.1) is 5.92 Å². The third-order valence-corrected chi connectivity index (χ3v) is 2.65. The van der Waals surface area contributed by atoms with E-state index in [1.54, 1.807) is 0 Å². The van der Waals surface area contributed by atoms with Gasteiger partial charge in [0.1, 0.15) is 5.76 Å². The van der Waals surface area contributed by atoms with E-state index in [0.29, 0.717) is 12.3 Å². The fourth-order valence-corrected chi connectivity index (χ4v) is 1.90. The minimum Gasteiger partial charge on any atom is -0.431 e. The molecule has 2 rings (SSSR count). The van der Waals surface area contributed by atoms with Crippen molar-refractivity contribution < 1.29 is 9.53 Å².